The fourth-order valence-corrected chi connectivity index (χ4v) is 1.29. The lowest BCUT2D eigenvalue weighted by Crippen LogP contribution is -2.25. The monoisotopic (exact) mass is 244 g/mol. The van der Waals surface area contributed by atoms with Crippen LogP contribution in [0.1, 0.15) is 6.92 Å². The first-order valence-electron chi connectivity index (χ1n) is 5.34. The van der Waals surface area contributed by atoms with Gasteiger partial charge >= 0.3 is 0 Å². The highest BCUT2D eigenvalue weighted by molar-refractivity contribution is 6.30. The molecule has 1 aromatic rings. The summed E-state index contributed by atoms with van der Waals surface area (Å²) in [6.07, 6.45) is 3.22. The highest BCUT2D eigenvalue weighted by Gasteiger charge is 1.95. The SMILES string of the molecule is CCOCCNCCOc1cncc(Cl)c1. The number of rotatable bonds is 8. The van der Waals surface area contributed by atoms with Crippen LogP contribution >= 0.6 is 11.6 Å². The second-order valence-electron chi connectivity index (χ2n) is 3.13. The zero-order valence-corrected chi connectivity index (χ0v) is 10.2. The minimum Gasteiger partial charge on any atom is -0.491 e. The molecule has 0 unspecified atom stereocenters. The third kappa shape index (κ3) is 5.90. The minimum atomic E-state index is 0.585. The van der Waals surface area contributed by atoms with E-state index in [1.165, 1.54) is 0 Å². The van der Waals surface area contributed by atoms with Crippen LogP contribution in [0, 0.1) is 0 Å². The summed E-state index contributed by atoms with van der Waals surface area (Å²) in [4.78, 5) is 3.93. The molecule has 0 aliphatic carbocycles. The third-order valence-corrected chi connectivity index (χ3v) is 2.06. The van der Waals surface area contributed by atoms with Crippen LogP contribution in [0.5, 0.6) is 5.75 Å². The molecule has 0 saturated heterocycles. The summed E-state index contributed by atoms with van der Waals surface area (Å²) < 4.78 is 10.6. The molecular weight excluding hydrogens is 228 g/mol. The van der Waals surface area contributed by atoms with Crippen molar-refractivity contribution < 1.29 is 9.47 Å². The number of ether oxygens (including phenoxy) is 2. The van der Waals surface area contributed by atoms with Gasteiger partial charge in [0.05, 0.1) is 17.8 Å². The largest absolute Gasteiger partial charge is 0.491 e. The first-order valence-corrected chi connectivity index (χ1v) is 5.72. The second-order valence-corrected chi connectivity index (χ2v) is 3.57. The Labute approximate surface area is 101 Å². The molecule has 0 aliphatic rings. The smallest absolute Gasteiger partial charge is 0.139 e. The van der Waals surface area contributed by atoms with Crippen molar-refractivity contribution >= 4 is 11.6 Å². The van der Waals surface area contributed by atoms with E-state index >= 15 is 0 Å². The van der Waals surface area contributed by atoms with Crippen molar-refractivity contribution in [3.05, 3.63) is 23.5 Å². The topological polar surface area (TPSA) is 43.4 Å². The summed E-state index contributed by atoms with van der Waals surface area (Å²) in [6, 6.07) is 1.74. The van der Waals surface area contributed by atoms with Crippen LogP contribution in [0.3, 0.4) is 0 Å². The number of pyridine rings is 1. The molecular formula is C11H17ClN2O2. The molecule has 0 atom stereocenters. The fourth-order valence-electron chi connectivity index (χ4n) is 1.13. The van der Waals surface area contributed by atoms with Gasteiger partial charge in [-0.25, -0.2) is 0 Å². The molecule has 0 amide bonds. The van der Waals surface area contributed by atoms with Gasteiger partial charge in [0.15, 0.2) is 0 Å². The number of aromatic nitrogens is 1. The summed E-state index contributed by atoms with van der Waals surface area (Å²) in [5.74, 6) is 0.694. The molecule has 0 aromatic carbocycles. The standard InChI is InChI=1S/C11H17ClN2O2/c1-2-15-5-3-13-4-6-16-11-7-10(12)8-14-9-11/h7-9,13H,2-6H2,1H3. The molecule has 1 N–H and O–H groups in total. The van der Waals surface area contributed by atoms with Crippen molar-refractivity contribution in [2.24, 2.45) is 0 Å². The maximum atomic E-state index is 5.77. The predicted molar refractivity (Wildman–Crippen MR) is 64.1 cm³/mol. The lowest BCUT2D eigenvalue weighted by Gasteiger charge is -2.07. The van der Waals surface area contributed by atoms with Gasteiger partial charge in [-0.3, -0.25) is 4.98 Å². The van der Waals surface area contributed by atoms with Gasteiger partial charge in [0.1, 0.15) is 12.4 Å². The molecule has 0 aliphatic heterocycles. The Hall–Kier alpha value is -0.840. The molecule has 0 saturated carbocycles. The highest BCUT2D eigenvalue weighted by atomic mass is 35.5. The average Bonchev–Trinajstić information content (AvgIpc) is 2.28. The number of hydrogen-bond acceptors (Lipinski definition) is 4. The predicted octanol–water partition coefficient (Wildman–Crippen LogP) is 1.74. The molecule has 1 heterocycles. The Balaban J connectivity index is 2.03. The minimum absolute atomic E-state index is 0.585. The van der Waals surface area contributed by atoms with Gasteiger partial charge in [-0.05, 0) is 6.92 Å². The normalized spacial score (nSPS) is 10.4. The molecule has 90 valence electrons. The lowest BCUT2D eigenvalue weighted by molar-refractivity contribution is 0.148. The van der Waals surface area contributed by atoms with Crippen LogP contribution in [-0.4, -0.2) is 37.9 Å². The first kappa shape index (κ1) is 13.2. The van der Waals surface area contributed by atoms with Gasteiger partial charge in [-0.2, -0.15) is 0 Å². The molecule has 1 rings (SSSR count). The Bertz CT molecular complexity index is 297. The summed E-state index contributed by atoms with van der Waals surface area (Å²) in [5.41, 5.74) is 0. The molecule has 16 heavy (non-hydrogen) atoms. The Kier molecular flexibility index (Phi) is 6.88. The maximum absolute atomic E-state index is 5.77. The van der Waals surface area contributed by atoms with Crippen LogP contribution in [0.15, 0.2) is 18.5 Å². The van der Waals surface area contributed by atoms with Crippen molar-refractivity contribution in [2.75, 3.05) is 32.9 Å². The van der Waals surface area contributed by atoms with Crippen molar-refractivity contribution in [3.8, 4) is 5.75 Å². The van der Waals surface area contributed by atoms with Gasteiger partial charge in [0, 0.05) is 32.0 Å². The van der Waals surface area contributed by atoms with Gasteiger partial charge in [-0.15, -0.1) is 0 Å². The zero-order valence-electron chi connectivity index (χ0n) is 9.41. The van der Waals surface area contributed by atoms with Crippen molar-refractivity contribution in [3.63, 3.8) is 0 Å². The van der Waals surface area contributed by atoms with E-state index in [0.717, 1.165) is 26.3 Å². The van der Waals surface area contributed by atoms with Crippen LogP contribution in [0.2, 0.25) is 5.02 Å². The van der Waals surface area contributed by atoms with E-state index in [1.807, 2.05) is 6.92 Å². The van der Waals surface area contributed by atoms with Crippen LogP contribution < -0.4 is 10.1 Å². The molecule has 4 nitrogen and oxygen atoms in total. The first-order chi connectivity index (χ1) is 7.83. The van der Waals surface area contributed by atoms with Crippen LogP contribution in [-0.2, 0) is 4.74 Å². The highest BCUT2D eigenvalue weighted by Crippen LogP contribution is 2.14. The van der Waals surface area contributed by atoms with E-state index in [1.54, 1.807) is 18.5 Å². The Morgan fingerprint density at radius 2 is 2.12 bits per heavy atom. The maximum Gasteiger partial charge on any atom is 0.139 e. The van der Waals surface area contributed by atoms with Crippen molar-refractivity contribution in [2.45, 2.75) is 6.92 Å². The number of nitrogens with one attached hydrogen (secondary N) is 1. The van der Waals surface area contributed by atoms with E-state index in [0.29, 0.717) is 17.4 Å². The van der Waals surface area contributed by atoms with Crippen LogP contribution in [0.4, 0.5) is 0 Å². The molecule has 0 bridgehead atoms. The lowest BCUT2D eigenvalue weighted by atomic mass is 10.4. The Morgan fingerprint density at radius 3 is 2.88 bits per heavy atom. The van der Waals surface area contributed by atoms with E-state index in [9.17, 15) is 0 Å². The number of nitrogens with zero attached hydrogens (tertiary/aromatic N) is 1. The third-order valence-electron chi connectivity index (χ3n) is 1.85. The fraction of sp³-hybridized carbons (Fsp3) is 0.545. The number of halogens is 1. The summed E-state index contributed by atoms with van der Waals surface area (Å²) in [7, 11) is 0. The quantitative estimate of drug-likeness (QED) is 0.708. The van der Waals surface area contributed by atoms with E-state index in [-0.39, 0.29) is 0 Å². The average molecular weight is 245 g/mol. The van der Waals surface area contributed by atoms with Gasteiger partial charge in [0.25, 0.3) is 0 Å². The molecule has 1 aromatic heterocycles. The van der Waals surface area contributed by atoms with Gasteiger partial charge in [0.2, 0.25) is 0 Å². The van der Waals surface area contributed by atoms with E-state index < -0.39 is 0 Å². The molecule has 0 radical (unpaired) electrons. The van der Waals surface area contributed by atoms with Crippen molar-refractivity contribution in [1.82, 2.24) is 10.3 Å². The number of hydrogen-bond donors (Lipinski definition) is 1. The van der Waals surface area contributed by atoms with E-state index in [4.69, 9.17) is 21.1 Å². The summed E-state index contributed by atoms with van der Waals surface area (Å²) >= 11 is 5.77. The summed E-state index contributed by atoms with van der Waals surface area (Å²) in [6.45, 7) is 5.68. The Morgan fingerprint density at radius 1 is 1.31 bits per heavy atom. The molecule has 5 heteroatoms. The second kappa shape index (κ2) is 8.33. The summed E-state index contributed by atoms with van der Waals surface area (Å²) in [5, 5.41) is 3.79. The van der Waals surface area contributed by atoms with Crippen molar-refractivity contribution in [1.29, 1.82) is 0 Å². The molecule has 0 spiro atoms. The van der Waals surface area contributed by atoms with Gasteiger partial charge < -0.3 is 14.8 Å². The van der Waals surface area contributed by atoms with Crippen LogP contribution in [0.25, 0.3) is 0 Å². The van der Waals surface area contributed by atoms with Gasteiger partial charge in [-0.1, -0.05) is 11.6 Å². The zero-order chi connectivity index (χ0) is 11.6. The molecule has 0 fully saturated rings. The van der Waals surface area contributed by atoms with E-state index in [2.05, 4.69) is 10.3 Å².